The molecule has 4 N–H and O–H groups in total. The average Bonchev–Trinajstić information content (AvgIpc) is 3.84. The van der Waals surface area contributed by atoms with Gasteiger partial charge in [-0.05, 0) is 62.9 Å². The van der Waals surface area contributed by atoms with E-state index < -0.39 is 36.2 Å². The van der Waals surface area contributed by atoms with E-state index >= 15 is 0 Å². The summed E-state index contributed by atoms with van der Waals surface area (Å²) < 4.78 is 6.32. The number of aromatic amines is 1. The molecule has 0 saturated heterocycles. The molecule has 0 radical (unpaired) electrons. The summed E-state index contributed by atoms with van der Waals surface area (Å²) in [5.41, 5.74) is 1.50. The Morgan fingerprint density at radius 2 is 1.77 bits per heavy atom. The molecule has 15 heteroatoms. The van der Waals surface area contributed by atoms with Crippen LogP contribution in [-0.2, 0) is 20.7 Å². The number of carbonyl (C=O) groups excluding carboxylic acids is 3. The quantitative estimate of drug-likeness (QED) is 0.105. The second kappa shape index (κ2) is 19.7. The van der Waals surface area contributed by atoms with Gasteiger partial charge in [0.2, 0.25) is 11.8 Å². The minimum Gasteiger partial charge on any atom is -0.508 e. The van der Waals surface area contributed by atoms with Gasteiger partial charge < -0.3 is 25.4 Å². The highest BCUT2D eigenvalue weighted by atomic mass is 32.1. The van der Waals surface area contributed by atoms with E-state index in [2.05, 4.69) is 58.6 Å². The highest BCUT2D eigenvalue weighted by molar-refractivity contribution is 7.09. The van der Waals surface area contributed by atoms with Gasteiger partial charge in [0.15, 0.2) is 5.82 Å². The Kier molecular flexibility index (Phi) is 16.1. The molecule has 3 aromatic rings. The fourth-order valence-electron chi connectivity index (χ4n) is 6.33. The number of ether oxygens (including phenoxy) is 1. The number of H-pyrrole nitrogens is 1. The Morgan fingerprint density at radius 1 is 1.09 bits per heavy atom. The van der Waals surface area contributed by atoms with Crippen molar-refractivity contribution in [2.75, 3.05) is 27.7 Å². The molecule has 1 aromatic carbocycles. The highest BCUT2D eigenvalue weighted by Crippen LogP contribution is 2.32. The number of rotatable bonds is 21. The minimum atomic E-state index is -0.742. The topological polar surface area (TPSA) is 179 Å². The third kappa shape index (κ3) is 11.6. The predicted octanol–water partition coefficient (Wildman–Crippen LogP) is 5.23. The molecule has 2 heterocycles. The molecule has 0 saturated carbocycles. The third-order valence-electron chi connectivity index (χ3n) is 9.92. The first kappa shape index (κ1) is 43.2. The van der Waals surface area contributed by atoms with Crippen molar-refractivity contribution in [1.82, 2.24) is 46.0 Å². The fraction of sp³-hybridized carbons (Fsp3) is 0.605. The summed E-state index contributed by atoms with van der Waals surface area (Å²) >= 11 is 1.30. The number of phenols is 1. The van der Waals surface area contributed by atoms with E-state index in [9.17, 15) is 19.5 Å². The van der Waals surface area contributed by atoms with Crippen LogP contribution in [0.4, 0.5) is 0 Å². The summed E-state index contributed by atoms with van der Waals surface area (Å²) in [5.74, 6) is -0.482. The van der Waals surface area contributed by atoms with Gasteiger partial charge in [-0.2, -0.15) is 5.21 Å². The third-order valence-corrected chi connectivity index (χ3v) is 10.9. The molecule has 0 aliphatic carbocycles. The number of hydrogen-bond acceptors (Lipinski definition) is 11. The van der Waals surface area contributed by atoms with Gasteiger partial charge >= 0.3 is 0 Å². The molecule has 3 amide bonds. The molecule has 2 aromatic heterocycles. The number of hydrogen-bond donors (Lipinski definition) is 4. The molecule has 6 atom stereocenters. The predicted molar refractivity (Wildman–Crippen MR) is 206 cm³/mol. The number of thiazole rings is 1. The number of aromatic hydroxyl groups is 1. The summed E-state index contributed by atoms with van der Waals surface area (Å²) in [7, 11) is 5.52. The van der Waals surface area contributed by atoms with Crippen molar-refractivity contribution < 1.29 is 24.2 Å². The monoisotopic (exact) mass is 753 g/mol. The summed E-state index contributed by atoms with van der Waals surface area (Å²) in [6.07, 6.45) is 2.42. The molecule has 0 bridgehead atoms. The maximum Gasteiger partial charge on any atom is 0.271 e. The summed E-state index contributed by atoms with van der Waals surface area (Å²) in [6.45, 7) is 18.8. The summed E-state index contributed by atoms with van der Waals surface area (Å²) in [6, 6.07) is 4.45. The van der Waals surface area contributed by atoms with Gasteiger partial charge in [0.05, 0.1) is 18.1 Å². The molecule has 0 aliphatic heterocycles. The lowest BCUT2D eigenvalue weighted by Gasteiger charge is -2.39. The van der Waals surface area contributed by atoms with Gasteiger partial charge in [0, 0.05) is 31.9 Å². The van der Waals surface area contributed by atoms with Gasteiger partial charge in [-0.3, -0.25) is 19.3 Å². The zero-order valence-corrected chi connectivity index (χ0v) is 33.8. The van der Waals surface area contributed by atoms with Crippen molar-refractivity contribution >= 4 is 29.1 Å². The van der Waals surface area contributed by atoms with E-state index in [4.69, 9.17) is 9.72 Å². The minimum absolute atomic E-state index is 0.121. The first-order chi connectivity index (χ1) is 25.0. The van der Waals surface area contributed by atoms with Crippen LogP contribution in [0.25, 0.3) is 0 Å². The number of benzene rings is 1. The lowest BCUT2D eigenvalue weighted by molar-refractivity contribution is -0.141. The molecular weight excluding hydrogens is 695 g/mol. The Morgan fingerprint density at radius 3 is 2.32 bits per heavy atom. The van der Waals surface area contributed by atoms with Crippen LogP contribution in [0.5, 0.6) is 5.75 Å². The normalized spacial score (nSPS) is 15.2. The SMILES string of the molecule is C=C(C)[C@@H](C[C@@H](OCCC)c1nc(C(=O)N[C@@H](Cc2ccc(O)cc2)c2nn[nH]n2)cs1)N(C)C(=O)[C@@H](NC(=O)[C@H](N(C)C)C(C)(C)CC)[C@@H](C)CC. The number of nitrogens with one attached hydrogen (secondary N) is 3. The summed E-state index contributed by atoms with van der Waals surface area (Å²) in [5, 5.41) is 32.3. The summed E-state index contributed by atoms with van der Waals surface area (Å²) in [4.78, 5) is 50.0. The van der Waals surface area contributed by atoms with E-state index in [0.717, 1.165) is 24.0 Å². The van der Waals surface area contributed by atoms with Gasteiger partial charge in [0.25, 0.3) is 5.91 Å². The van der Waals surface area contributed by atoms with Crippen molar-refractivity contribution in [3.05, 3.63) is 63.9 Å². The van der Waals surface area contributed by atoms with Gasteiger partial charge in [0.1, 0.15) is 28.6 Å². The number of aromatic nitrogens is 5. The molecule has 0 spiro atoms. The van der Waals surface area contributed by atoms with E-state index in [1.165, 1.54) is 11.3 Å². The molecule has 0 unspecified atom stereocenters. The number of amides is 3. The number of nitrogens with zero attached hydrogens (tertiary/aromatic N) is 6. The highest BCUT2D eigenvalue weighted by Gasteiger charge is 2.40. The number of likely N-dealkylation sites (N-methyl/N-ethyl adjacent to an activating group) is 2. The van der Waals surface area contributed by atoms with Crippen LogP contribution < -0.4 is 10.6 Å². The Hall–Kier alpha value is -4.21. The molecule has 0 aliphatic rings. The molecule has 0 fully saturated rings. The van der Waals surface area contributed by atoms with Crippen LogP contribution in [0, 0.1) is 11.3 Å². The molecule has 292 valence electrons. The lowest BCUT2D eigenvalue weighted by atomic mass is 9.80. The Bertz CT molecular complexity index is 1630. The van der Waals surface area contributed by atoms with Crippen LogP contribution in [-0.4, -0.2) is 104 Å². The van der Waals surface area contributed by atoms with Crippen LogP contribution in [0.15, 0.2) is 41.8 Å². The van der Waals surface area contributed by atoms with Gasteiger partial charge in [-0.25, -0.2) is 4.98 Å². The number of tetrazole rings is 1. The number of carbonyl (C=O) groups is 3. The van der Waals surface area contributed by atoms with Crippen LogP contribution in [0.1, 0.15) is 113 Å². The van der Waals surface area contributed by atoms with Crippen molar-refractivity contribution in [2.24, 2.45) is 11.3 Å². The van der Waals surface area contributed by atoms with Crippen molar-refractivity contribution in [3.63, 3.8) is 0 Å². The zero-order chi connectivity index (χ0) is 39.5. The second-order valence-electron chi connectivity index (χ2n) is 14.7. The Labute approximate surface area is 318 Å². The molecule has 14 nitrogen and oxygen atoms in total. The van der Waals surface area contributed by atoms with E-state index in [-0.39, 0.29) is 34.6 Å². The molecule has 53 heavy (non-hydrogen) atoms. The van der Waals surface area contributed by atoms with Crippen LogP contribution in [0.3, 0.4) is 0 Å². The van der Waals surface area contributed by atoms with Crippen molar-refractivity contribution in [1.29, 1.82) is 0 Å². The Balaban J connectivity index is 1.85. The van der Waals surface area contributed by atoms with Crippen LogP contribution in [0.2, 0.25) is 0 Å². The van der Waals surface area contributed by atoms with E-state index in [1.807, 2.05) is 46.7 Å². The van der Waals surface area contributed by atoms with Gasteiger partial charge in [-0.15, -0.1) is 21.5 Å². The smallest absolute Gasteiger partial charge is 0.271 e. The van der Waals surface area contributed by atoms with Gasteiger partial charge in [-0.1, -0.05) is 77.5 Å². The maximum atomic E-state index is 14.3. The van der Waals surface area contributed by atoms with Crippen molar-refractivity contribution in [3.8, 4) is 5.75 Å². The first-order valence-corrected chi connectivity index (χ1v) is 19.2. The maximum absolute atomic E-state index is 14.3. The standard InChI is InChI=1S/C38H59N9O5S/c1-12-19-52-30(36-40-28(22-53-36)34(49)39-27(33-42-44-45-43-33)20-25-15-17-26(48)18-16-25)21-29(23(4)5)47(11)37(51)31(24(6)13-2)41-35(50)32(46(9)10)38(7,8)14-3/h15-18,22,24,27,29-32,48H,4,12-14,19-21H2,1-3,5-11H3,(H,39,49)(H,41,50)(H,42,43,44,45)/t24-,27-,29+,30+,31-,32-/m0/s1. The first-order valence-electron chi connectivity index (χ1n) is 18.3. The van der Waals surface area contributed by atoms with E-state index in [1.54, 1.807) is 41.6 Å². The van der Waals surface area contributed by atoms with E-state index in [0.29, 0.717) is 36.7 Å². The average molecular weight is 754 g/mol. The molecule has 3 rings (SSSR count). The lowest BCUT2D eigenvalue weighted by Crippen LogP contribution is -2.59. The van der Waals surface area contributed by atoms with Crippen molar-refractivity contribution in [2.45, 2.75) is 111 Å². The van der Waals surface area contributed by atoms with Crippen LogP contribution >= 0.6 is 11.3 Å². The second-order valence-corrected chi connectivity index (χ2v) is 15.6. The zero-order valence-electron chi connectivity index (χ0n) is 33.0. The fourth-order valence-corrected chi connectivity index (χ4v) is 7.19. The largest absolute Gasteiger partial charge is 0.508 e. The molecular formula is C38H59N9O5S. The number of phenolic OH excluding ortho intramolecular Hbond substituents is 1.